The number of nitrogens with one attached hydrogen (secondary N) is 1. The summed E-state index contributed by atoms with van der Waals surface area (Å²) in [6, 6.07) is -0.756. The fourth-order valence-electron chi connectivity index (χ4n) is 2.36. The predicted molar refractivity (Wildman–Crippen MR) is 79.9 cm³/mol. The van der Waals surface area contributed by atoms with Gasteiger partial charge in [-0.3, -0.25) is 4.79 Å². The molecule has 9 heteroatoms. The van der Waals surface area contributed by atoms with Gasteiger partial charge in [0, 0.05) is 13.7 Å². The third-order valence-corrected chi connectivity index (χ3v) is 5.60. The van der Waals surface area contributed by atoms with Crippen molar-refractivity contribution in [1.29, 1.82) is 0 Å². The van der Waals surface area contributed by atoms with Crippen molar-refractivity contribution in [3.8, 4) is 0 Å². The average molecular weight is 336 g/mol. The van der Waals surface area contributed by atoms with Gasteiger partial charge in [-0.1, -0.05) is 13.3 Å². The standard InChI is InChI=1S/C13H24N2O6S/c1-3-4-8-22(19,20)15-7-5-6-10(15)12(16)14-9-11(21-2)13(17)18/h10-11H,3-9H2,1-2H3,(H,14,16)(H,17,18). The van der Waals surface area contributed by atoms with Crippen LogP contribution in [0.2, 0.25) is 0 Å². The van der Waals surface area contributed by atoms with Crippen molar-refractivity contribution in [3.05, 3.63) is 0 Å². The van der Waals surface area contributed by atoms with Crippen LogP contribution >= 0.6 is 0 Å². The number of sulfonamides is 1. The van der Waals surface area contributed by atoms with Gasteiger partial charge in [0.15, 0.2) is 6.10 Å². The summed E-state index contributed by atoms with van der Waals surface area (Å²) in [5.74, 6) is -1.62. The smallest absolute Gasteiger partial charge is 0.334 e. The van der Waals surface area contributed by atoms with Gasteiger partial charge in [0.25, 0.3) is 0 Å². The van der Waals surface area contributed by atoms with Crippen LogP contribution in [0, 0.1) is 0 Å². The zero-order valence-corrected chi connectivity index (χ0v) is 13.8. The highest BCUT2D eigenvalue weighted by molar-refractivity contribution is 7.89. The first-order chi connectivity index (χ1) is 10.3. The number of carbonyl (C=O) groups excluding carboxylic acids is 1. The highest BCUT2D eigenvalue weighted by Gasteiger charge is 2.38. The second-order valence-electron chi connectivity index (χ2n) is 5.25. The molecule has 128 valence electrons. The molecular weight excluding hydrogens is 312 g/mol. The molecule has 1 aliphatic rings. The lowest BCUT2D eigenvalue weighted by atomic mass is 10.2. The zero-order valence-electron chi connectivity index (χ0n) is 12.9. The van der Waals surface area contributed by atoms with Crippen LogP contribution in [0.1, 0.15) is 32.6 Å². The van der Waals surface area contributed by atoms with Crippen LogP contribution < -0.4 is 5.32 Å². The van der Waals surface area contributed by atoms with E-state index in [0.717, 1.165) is 6.42 Å². The number of carboxylic acids is 1. The number of rotatable bonds is 9. The van der Waals surface area contributed by atoms with Crippen molar-refractivity contribution in [2.45, 2.75) is 44.8 Å². The van der Waals surface area contributed by atoms with E-state index in [4.69, 9.17) is 9.84 Å². The summed E-state index contributed by atoms with van der Waals surface area (Å²) < 4.78 is 30.4. The Kier molecular flexibility index (Phi) is 7.24. The lowest BCUT2D eigenvalue weighted by Crippen LogP contribution is -2.49. The lowest BCUT2D eigenvalue weighted by molar-refractivity contribution is -0.148. The zero-order chi connectivity index (χ0) is 16.8. The molecule has 0 aromatic carbocycles. The normalized spacial score (nSPS) is 20.7. The van der Waals surface area contributed by atoms with Crippen LogP contribution in [0.4, 0.5) is 0 Å². The number of unbranched alkanes of at least 4 members (excludes halogenated alkanes) is 1. The molecule has 0 saturated carbocycles. The number of ether oxygens (including phenoxy) is 1. The largest absolute Gasteiger partial charge is 0.479 e. The van der Waals surface area contributed by atoms with E-state index in [2.05, 4.69) is 5.32 Å². The summed E-state index contributed by atoms with van der Waals surface area (Å²) in [4.78, 5) is 23.0. The lowest BCUT2D eigenvalue weighted by Gasteiger charge is -2.23. The Hall–Kier alpha value is -1.19. The van der Waals surface area contributed by atoms with Gasteiger partial charge in [-0.2, -0.15) is 4.31 Å². The van der Waals surface area contributed by atoms with Gasteiger partial charge in [0.1, 0.15) is 6.04 Å². The van der Waals surface area contributed by atoms with E-state index < -0.39 is 34.0 Å². The minimum atomic E-state index is -3.45. The third-order valence-electron chi connectivity index (χ3n) is 3.64. The molecule has 0 radical (unpaired) electrons. The maximum atomic E-state index is 12.2. The minimum absolute atomic E-state index is 0.0309. The summed E-state index contributed by atoms with van der Waals surface area (Å²) in [5.41, 5.74) is 0. The Labute approximate surface area is 130 Å². The molecule has 1 rings (SSSR count). The van der Waals surface area contributed by atoms with Crippen LogP contribution in [0.5, 0.6) is 0 Å². The molecule has 2 unspecified atom stereocenters. The maximum absolute atomic E-state index is 12.2. The molecule has 0 aromatic heterocycles. The van der Waals surface area contributed by atoms with Crippen LogP contribution in [-0.2, 0) is 24.3 Å². The number of carboxylic acid groups (broad SMARTS) is 1. The van der Waals surface area contributed by atoms with E-state index in [0.29, 0.717) is 25.8 Å². The Morgan fingerprint density at radius 3 is 2.68 bits per heavy atom. The van der Waals surface area contributed by atoms with Crippen molar-refractivity contribution < 1.29 is 27.9 Å². The van der Waals surface area contributed by atoms with E-state index in [1.165, 1.54) is 11.4 Å². The van der Waals surface area contributed by atoms with Gasteiger partial charge >= 0.3 is 5.97 Å². The van der Waals surface area contributed by atoms with E-state index in [9.17, 15) is 18.0 Å². The molecule has 1 amide bonds. The van der Waals surface area contributed by atoms with Crippen molar-refractivity contribution in [2.24, 2.45) is 0 Å². The second-order valence-corrected chi connectivity index (χ2v) is 7.29. The quantitative estimate of drug-likeness (QED) is 0.603. The molecule has 2 atom stereocenters. The molecule has 0 bridgehead atoms. The first-order valence-electron chi connectivity index (χ1n) is 7.36. The van der Waals surface area contributed by atoms with Crippen molar-refractivity contribution in [1.82, 2.24) is 9.62 Å². The summed E-state index contributed by atoms with van der Waals surface area (Å²) in [6.07, 6.45) is 1.24. The first kappa shape index (κ1) is 18.9. The fraction of sp³-hybridized carbons (Fsp3) is 0.846. The summed E-state index contributed by atoms with van der Waals surface area (Å²) in [5, 5.41) is 11.3. The molecular formula is C13H24N2O6S. The third kappa shape index (κ3) is 4.92. The number of carbonyl (C=O) groups is 2. The van der Waals surface area contributed by atoms with Gasteiger partial charge in [-0.05, 0) is 19.3 Å². The molecule has 0 spiro atoms. The molecule has 1 fully saturated rings. The monoisotopic (exact) mass is 336 g/mol. The summed E-state index contributed by atoms with van der Waals surface area (Å²) in [7, 11) is -2.21. The van der Waals surface area contributed by atoms with Crippen molar-refractivity contribution in [2.75, 3.05) is 26.0 Å². The van der Waals surface area contributed by atoms with Gasteiger partial charge in [-0.25, -0.2) is 13.2 Å². The number of nitrogens with zero attached hydrogens (tertiary/aromatic N) is 1. The van der Waals surface area contributed by atoms with Crippen LogP contribution in [-0.4, -0.2) is 67.8 Å². The van der Waals surface area contributed by atoms with Crippen molar-refractivity contribution in [3.63, 3.8) is 0 Å². The van der Waals surface area contributed by atoms with Crippen LogP contribution in [0.15, 0.2) is 0 Å². The van der Waals surface area contributed by atoms with Crippen molar-refractivity contribution >= 4 is 21.9 Å². The Balaban J connectivity index is 2.66. The second kappa shape index (κ2) is 8.44. The highest BCUT2D eigenvalue weighted by atomic mass is 32.2. The number of aliphatic carboxylic acids is 1. The average Bonchev–Trinajstić information content (AvgIpc) is 2.95. The SMILES string of the molecule is CCCCS(=O)(=O)N1CCCC1C(=O)NCC(OC)C(=O)O. The predicted octanol–water partition coefficient (Wildman–Crippen LogP) is -0.203. The minimum Gasteiger partial charge on any atom is -0.479 e. The number of amides is 1. The molecule has 2 N–H and O–H groups in total. The van der Waals surface area contributed by atoms with Gasteiger partial charge < -0.3 is 15.2 Å². The topological polar surface area (TPSA) is 113 Å². The van der Waals surface area contributed by atoms with E-state index in [1.807, 2.05) is 6.92 Å². The summed E-state index contributed by atoms with van der Waals surface area (Å²) >= 11 is 0. The Bertz CT molecular complexity index is 493. The number of hydrogen-bond acceptors (Lipinski definition) is 5. The summed E-state index contributed by atoms with van der Waals surface area (Å²) in [6.45, 7) is 2.04. The maximum Gasteiger partial charge on any atom is 0.334 e. The van der Waals surface area contributed by atoms with Crippen LogP contribution in [0.3, 0.4) is 0 Å². The molecule has 1 saturated heterocycles. The Morgan fingerprint density at radius 1 is 1.45 bits per heavy atom. The molecule has 8 nitrogen and oxygen atoms in total. The van der Waals surface area contributed by atoms with Gasteiger partial charge in [0.05, 0.1) is 12.3 Å². The molecule has 0 aromatic rings. The Morgan fingerprint density at radius 2 is 2.14 bits per heavy atom. The van der Waals surface area contributed by atoms with E-state index >= 15 is 0 Å². The van der Waals surface area contributed by atoms with E-state index in [-0.39, 0.29) is 12.3 Å². The molecule has 1 aliphatic heterocycles. The number of methoxy groups -OCH3 is 1. The van der Waals surface area contributed by atoms with Crippen LogP contribution in [0.25, 0.3) is 0 Å². The molecule has 22 heavy (non-hydrogen) atoms. The molecule has 1 heterocycles. The fourth-order valence-corrected chi connectivity index (χ4v) is 4.25. The molecule has 0 aliphatic carbocycles. The van der Waals surface area contributed by atoms with Gasteiger partial charge in [-0.15, -0.1) is 0 Å². The first-order valence-corrected chi connectivity index (χ1v) is 8.97. The highest BCUT2D eigenvalue weighted by Crippen LogP contribution is 2.22. The van der Waals surface area contributed by atoms with Gasteiger partial charge in [0.2, 0.25) is 15.9 Å². The van der Waals surface area contributed by atoms with E-state index in [1.54, 1.807) is 0 Å². The number of hydrogen-bond donors (Lipinski definition) is 2.